The van der Waals surface area contributed by atoms with Crippen molar-refractivity contribution in [1.82, 2.24) is 15.3 Å². The Morgan fingerprint density at radius 2 is 2.03 bits per heavy atom. The van der Waals surface area contributed by atoms with Gasteiger partial charge in [0, 0.05) is 32.3 Å². The van der Waals surface area contributed by atoms with Gasteiger partial charge in [0.25, 0.3) is 0 Å². The van der Waals surface area contributed by atoms with Gasteiger partial charge in [0.05, 0.1) is 5.69 Å². The van der Waals surface area contributed by atoms with Gasteiger partial charge in [-0.2, -0.15) is 4.98 Å². The highest BCUT2D eigenvalue weighted by atomic mass is 16.5. The monoisotopic (exact) mass is 400 g/mol. The molecule has 0 spiro atoms. The zero-order chi connectivity index (χ0) is 20.1. The smallest absolute Gasteiger partial charge is 0.249 e. The zero-order valence-electron chi connectivity index (χ0n) is 17.0. The quantitative estimate of drug-likeness (QED) is 0.772. The van der Waals surface area contributed by atoms with Crippen molar-refractivity contribution in [3.8, 4) is 0 Å². The van der Waals surface area contributed by atoms with Crippen molar-refractivity contribution in [3.63, 3.8) is 0 Å². The predicted octanol–water partition coefficient (Wildman–Crippen LogP) is 0.832. The summed E-state index contributed by atoms with van der Waals surface area (Å²) in [4.78, 5) is 38.1. The molecule has 0 aromatic carbocycles. The summed E-state index contributed by atoms with van der Waals surface area (Å²) in [6, 6.07) is 0.191. The molecule has 2 atom stereocenters. The summed E-state index contributed by atoms with van der Waals surface area (Å²) in [6.45, 7) is 3.34. The van der Waals surface area contributed by atoms with E-state index in [1.165, 1.54) is 0 Å². The Morgan fingerprint density at radius 1 is 1.21 bits per heavy atom. The molecule has 0 radical (unpaired) electrons. The maximum atomic E-state index is 12.6. The van der Waals surface area contributed by atoms with Gasteiger partial charge in [0.2, 0.25) is 17.8 Å². The van der Waals surface area contributed by atoms with E-state index in [2.05, 4.69) is 10.6 Å². The zero-order valence-corrected chi connectivity index (χ0v) is 17.0. The van der Waals surface area contributed by atoms with Gasteiger partial charge in [-0.3, -0.25) is 9.59 Å². The Labute approximate surface area is 170 Å². The second kappa shape index (κ2) is 7.12. The largest absolute Gasteiger partial charge is 0.368 e. The summed E-state index contributed by atoms with van der Waals surface area (Å²) in [6.07, 6.45) is 4.98. The molecule has 9 heteroatoms. The number of hydrogen-bond acceptors (Lipinski definition) is 7. The van der Waals surface area contributed by atoms with Crippen LogP contribution in [0.3, 0.4) is 0 Å². The molecule has 1 aliphatic carbocycles. The molecule has 5 rings (SSSR count). The number of aryl methyl sites for hydroxylation is 1. The van der Waals surface area contributed by atoms with Crippen LogP contribution in [0.25, 0.3) is 0 Å². The number of amides is 2. The first-order valence-electron chi connectivity index (χ1n) is 10.6. The molecular weight excluding hydrogens is 372 g/mol. The highest BCUT2D eigenvalue weighted by Gasteiger charge is 2.39. The number of nitrogens with one attached hydrogen (secondary N) is 2. The molecule has 1 saturated carbocycles. The van der Waals surface area contributed by atoms with Crippen molar-refractivity contribution >= 4 is 29.3 Å². The van der Waals surface area contributed by atoms with E-state index in [1.807, 2.05) is 23.8 Å². The molecule has 1 saturated heterocycles. The molecule has 2 amide bonds. The predicted molar refractivity (Wildman–Crippen MR) is 108 cm³/mol. The van der Waals surface area contributed by atoms with Crippen LogP contribution >= 0.6 is 0 Å². The van der Waals surface area contributed by atoms with E-state index in [4.69, 9.17) is 14.7 Å². The standard InChI is InChI=1S/C20H28N6O3/c1-11-19(28)26-7-3-5-14-16(26)17(25(11)2)24-20(23-14)22-13-9-12(10-13)21-18(27)15-6-4-8-29-15/h11-13,15H,3-10H2,1-2H3,(H,21,27)(H,22,23,24)/t11-,12?,13?,15+/m0/s1. The number of aromatic nitrogens is 2. The molecule has 2 fully saturated rings. The van der Waals surface area contributed by atoms with Crippen LogP contribution in [0.15, 0.2) is 0 Å². The van der Waals surface area contributed by atoms with Crippen LogP contribution in [0, 0.1) is 0 Å². The number of likely N-dealkylation sites (N-methyl/N-ethyl adjacent to an activating group) is 1. The summed E-state index contributed by atoms with van der Waals surface area (Å²) >= 11 is 0. The summed E-state index contributed by atoms with van der Waals surface area (Å²) in [5.41, 5.74) is 1.82. The van der Waals surface area contributed by atoms with Gasteiger partial charge in [-0.1, -0.05) is 0 Å². The van der Waals surface area contributed by atoms with Gasteiger partial charge in [0.15, 0.2) is 5.82 Å². The lowest BCUT2D eigenvalue weighted by Gasteiger charge is -2.42. The fourth-order valence-electron chi connectivity index (χ4n) is 4.68. The number of rotatable bonds is 4. The van der Waals surface area contributed by atoms with E-state index in [0.717, 1.165) is 62.3 Å². The Kier molecular flexibility index (Phi) is 4.57. The van der Waals surface area contributed by atoms with Crippen molar-refractivity contribution in [2.75, 3.05) is 35.3 Å². The number of hydrogen-bond donors (Lipinski definition) is 2. The van der Waals surface area contributed by atoms with Crippen molar-refractivity contribution in [2.24, 2.45) is 0 Å². The van der Waals surface area contributed by atoms with Crippen LogP contribution in [-0.4, -0.2) is 66.2 Å². The van der Waals surface area contributed by atoms with Gasteiger partial charge < -0.3 is 25.2 Å². The van der Waals surface area contributed by atoms with Gasteiger partial charge >= 0.3 is 0 Å². The normalized spacial score (nSPS) is 30.6. The van der Waals surface area contributed by atoms with Gasteiger partial charge in [-0.25, -0.2) is 4.98 Å². The maximum Gasteiger partial charge on any atom is 0.249 e. The molecule has 3 aliphatic heterocycles. The topological polar surface area (TPSA) is 99.7 Å². The maximum absolute atomic E-state index is 12.6. The first-order chi connectivity index (χ1) is 14.0. The minimum Gasteiger partial charge on any atom is -0.368 e. The number of carbonyl (C=O) groups is 2. The fraction of sp³-hybridized carbons (Fsp3) is 0.700. The highest BCUT2D eigenvalue weighted by molar-refractivity contribution is 6.05. The third kappa shape index (κ3) is 3.21. The van der Waals surface area contributed by atoms with Crippen molar-refractivity contribution < 1.29 is 14.3 Å². The van der Waals surface area contributed by atoms with E-state index in [1.54, 1.807) is 0 Å². The van der Waals surface area contributed by atoms with Gasteiger partial charge in [-0.05, 0) is 45.4 Å². The lowest BCUT2D eigenvalue weighted by atomic mass is 9.86. The SMILES string of the molecule is C[C@H]1C(=O)N2CCCc3nc(NC4CC(NC(=O)[C@H]5CCCO5)C4)nc(c32)N1C. The molecule has 4 heterocycles. The van der Waals surface area contributed by atoms with Crippen molar-refractivity contribution in [3.05, 3.63) is 5.69 Å². The van der Waals surface area contributed by atoms with E-state index in [-0.39, 0.29) is 36.0 Å². The highest BCUT2D eigenvalue weighted by Crippen LogP contribution is 2.40. The Morgan fingerprint density at radius 3 is 2.79 bits per heavy atom. The van der Waals surface area contributed by atoms with Crippen LogP contribution in [0.4, 0.5) is 17.5 Å². The van der Waals surface area contributed by atoms with Crippen LogP contribution in [0.1, 0.15) is 44.7 Å². The molecular formula is C20H28N6O3. The van der Waals surface area contributed by atoms with Gasteiger partial charge in [-0.15, -0.1) is 0 Å². The summed E-state index contributed by atoms with van der Waals surface area (Å²) in [5, 5.41) is 6.51. The van der Waals surface area contributed by atoms with Crippen molar-refractivity contribution in [1.29, 1.82) is 0 Å². The third-order valence-electron chi connectivity index (χ3n) is 6.58. The Balaban J connectivity index is 1.25. The molecule has 29 heavy (non-hydrogen) atoms. The van der Waals surface area contributed by atoms with Crippen molar-refractivity contribution in [2.45, 2.75) is 69.7 Å². The molecule has 1 aromatic rings. The van der Waals surface area contributed by atoms with E-state index in [0.29, 0.717) is 12.6 Å². The molecule has 2 N–H and O–H groups in total. The van der Waals surface area contributed by atoms with Crippen LogP contribution in [-0.2, 0) is 20.7 Å². The van der Waals surface area contributed by atoms with E-state index in [9.17, 15) is 9.59 Å². The first-order valence-corrected chi connectivity index (χ1v) is 10.6. The number of anilines is 3. The minimum atomic E-state index is -0.276. The summed E-state index contributed by atoms with van der Waals surface area (Å²) < 4.78 is 5.45. The molecule has 1 aromatic heterocycles. The van der Waals surface area contributed by atoms with E-state index < -0.39 is 0 Å². The van der Waals surface area contributed by atoms with Crippen LogP contribution in [0.2, 0.25) is 0 Å². The summed E-state index contributed by atoms with van der Waals surface area (Å²) in [7, 11) is 1.92. The second-order valence-corrected chi connectivity index (χ2v) is 8.57. The third-order valence-corrected chi connectivity index (χ3v) is 6.58. The first kappa shape index (κ1) is 18.6. The summed E-state index contributed by atoms with van der Waals surface area (Å²) in [5.74, 6) is 1.57. The average Bonchev–Trinajstić information content (AvgIpc) is 3.23. The molecule has 9 nitrogen and oxygen atoms in total. The number of nitrogens with zero attached hydrogens (tertiary/aromatic N) is 4. The Bertz CT molecular complexity index is 834. The molecule has 0 bridgehead atoms. The Hall–Kier alpha value is -2.42. The number of carbonyl (C=O) groups excluding carboxylic acids is 2. The average molecular weight is 400 g/mol. The number of ether oxygens (including phenoxy) is 1. The molecule has 4 aliphatic rings. The molecule has 156 valence electrons. The molecule has 0 unspecified atom stereocenters. The van der Waals surface area contributed by atoms with Crippen LogP contribution < -0.4 is 20.4 Å². The lowest BCUT2D eigenvalue weighted by molar-refractivity contribution is -0.131. The minimum absolute atomic E-state index is 0.0146. The van der Waals surface area contributed by atoms with E-state index >= 15 is 0 Å². The lowest BCUT2D eigenvalue weighted by Crippen LogP contribution is -2.53. The van der Waals surface area contributed by atoms with Crippen LogP contribution in [0.5, 0.6) is 0 Å². The van der Waals surface area contributed by atoms with Gasteiger partial charge in [0.1, 0.15) is 17.8 Å². The fourth-order valence-corrected chi connectivity index (χ4v) is 4.68. The second-order valence-electron chi connectivity index (χ2n) is 8.57.